The maximum Gasteiger partial charge on any atom is 0.338 e. The molecule has 1 amide bonds. The van der Waals surface area contributed by atoms with Crippen LogP contribution in [-0.4, -0.2) is 44.3 Å². The topological polar surface area (TPSA) is 117 Å². The van der Waals surface area contributed by atoms with Crippen LogP contribution in [0.3, 0.4) is 0 Å². The van der Waals surface area contributed by atoms with Crippen molar-refractivity contribution in [3.63, 3.8) is 0 Å². The van der Waals surface area contributed by atoms with Crippen molar-refractivity contribution in [2.24, 2.45) is 0 Å². The van der Waals surface area contributed by atoms with E-state index < -0.39 is 28.5 Å². The standard InChI is InChI=1S/C22H22ClN3O5S/c1-15-5-6-16(11-20(15)32(29,30)26-9-3-2-4-10-26)22(28)31-14-21(27)25-19-12-18(23)8-7-17(19)13-24/h5-8,11-12H,2-4,9-10,14H2,1H3,(H,25,27). The molecule has 0 radical (unpaired) electrons. The molecule has 0 aromatic heterocycles. The number of sulfonamides is 1. The quantitative estimate of drug-likeness (QED) is 0.639. The zero-order chi connectivity index (χ0) is 23.3. The molecular weight excluding hydrogens is 454 g/mol. The second kappa shape index (κ2) is 10.1. The first kappa shape index (κ1) is 23.7. The Labute approximate surface area is 191 Å². The van der Waals surface area contributed by atoms with Gasteiger partial charge in [-0.1, -0.05) is 24.1 Å². The van der Waals surface area contributed by atoms with Crippen molar-refractivity contribution in [1.82, 2.24) is 4.31 Å². The number of halogens is 1. The molecule has 0 saturated carbocycles. The van der Waals surface area contributed by atoms with E-state index in [4.69, 9.17) is 21.6 Å². The summed E-state index contributed by atoms with van der Waals surface area (Å²) in [5.41, 5.74) is 0.959. The molecule has 0 atom stereocenters. The Kier molecular flexibility index (Phi) is 7.51. The van der Waals surface area contributed by atoms with Crippen LogP contribution in [0.4, 0.5) is 5.69 Å². The lowest BCUT2D eigenvalue weighted by molar-refractivity contribution is -0.119. The number of hydrogen-bond acceptors (Lipinski definition) is 6. The average Bonchev–Trinajstić information content (AvgIpc) is 2.78. The van der Waals surface area contributed by atoms with Gasteiger partial charge in [-0.25, -0.2) is 13.2 Å². The molecule has 32 heavy (non-hydrogen) atoms. The Bertz CT molecular complexity index is 1180. The zero-order valence-corrected chi connectivity index (χ0v) is 19.0. The lowest BCUT2D eigenvalue weighted by Crippen LogP contribution is -2.36. The highest BCUT2D eigenvalue weighted by Gasteiger charge is 2.28. The minimum absolute atomic E-state index is 0.0273. The van der Waals surface area contributed by atoms with E-state index in [1.165, 1.54) is 34.6 Å². The van der Waals surface area contributed by atoms with Gasteiger partial charge < -0.3 is 10.1 Å². The maximum atomic E-state index is 13.0. The molecule has 3 rings (SSSR count). The van der Waals surface area contributed by atoms with Crippen molar-refractivity contribution < 1.29 is 22.7 Å². The van der Waals surface area contributed by atoms with E-state index in [1.807, 2.05) is 6.07 Å². The highest BCUT2D eigenvalue weighted by atomic mass is 35.5. The third-order valence-electron chi connectivity index (χ3n) is 5.07. The Morgan fingerprint density at radius 3 is 2.56 bits per heavy atom. The van der Waals surface area contributed by atoms with E-state index in [-0.39, 0.29) is 21.7 Å². The summed E-state index contributed by atoms with van der Waals surface area (Å²) in [6, 6.07) is 10.6. The lowest BCUT2D eigenvalue weighted by Gasteiger charge is -2.26. The first-order valence-electron chi connectivity index (χ1n) is 10.00. The molecule has 8 nitrogen and oxygen atoms in total. The third-order valence-corrected chi connectivity index (χ3v) is 7.34. The number of carbonyl (C=O) groups is 2. The summed E-state index contributed by atoms with van der Waals surface area (Å²) in [5, 5.41) is 11.9. The molecule has 1 N–H and O–H groups in total. The molecule has 1 fully saturated rings. The minimum atomic E-state index is -3.73. The fourth-order valence-corrected chi connectivity index (χ4v) is 5.31. The largest absolute Gasteiger partial charge is 0.452 e. The lowest BCUT2D eigenvalue weighted by atomic mass is 10.1. The number of carbonyl (C=O) groups excluding carboxylic acids is 2. The monoisotopic (exact) mass is 475 g/mol. The first-order valence-corrected chi connectivity index (χ1v) is 11.8. The molecular formula is C22H22ClN3O5S. The molecule has 2 aromatic rings. The number of nitrogens with one attached hydrogen (secondary N) is 1. The second-order valence-electron chi connectivity index (χ2n) is 7.37. The molecule has 1 heterocycles. The summed E-state index contributed by atoms with van der Waals surface area (Å²) < 4.78 is 32.5. The molecule has 2 aromatic carbocycles. The fourth-order valence-electron chi connectivity index (χ4n) is 3.37. The number of anilines is 1. The molecule has 1 aliphatic rings. The van der Waals surface area contributed by atoms with E-state index in [1.54, 1.807) is 13.0 Å². The Balaban J connectivity index is 1.69. The van der Waals surface area contributed by atoms with Crippen molar-refractivity contribution in [1.29, 1.82) is 5.26 Å². The van der Waals surface area contributed by atoms with Gasteiger partial charge >= 0.3 is 5.97 Å². The Morgan fingerprint density at radius 2 is 1.88 bits per heavy atom. The van der Waals surface area contributed by atoms with Gasteiger partial charge in [-0.2, -0.15) is 9.57 Å². The maximum absolute atomic E-state index is 13.0. The highest BCUT2D eigenvalue weighted by molar-refractivity contribution is 7.89. The average molecular weight is 476 g/mol. The molecule has 0 spiro atoms. The van der Waals surface area contributed by atoms with Crippen LogP contribution >= 0.6 is 11.6 Å². The van der Waals surface area contributed by atoms with Crippen molar-refractivity contribution in [2.45, 2.75) is 31.1 Å². The van der Waals surface area contributed by atoms with E-state index >= 15 is 0 Å². The highest BCUT2D eigenvalue weighted by Crippen LogP contribution is 2.25. The van der Waals surface area contributed by atoms with E-state index in [9.17, 15) is 18.0 Å². The van der Waals surface area contributed by atoms with Gasteiger partial charge in [0, 0.05) is 18.1 Å². The molecule has 0 unspecified atom stereocenters. The van der Waals surface area contributed by atoms with E-state index in [0.29, 0.717) is 23.7 Å². The van der Waals surface area contributed by atoms with Crippen LogP contribution in [-0.2, 0) is 19.6 Å². The number of hydrogen-bond donors (Lipinski definition) is 1. The van der Waals surface area contributed by atoms with Crippen LogP contribution in [0.2, 0.25) is 5.02 Å². The number of esters is 1. The SMILES string of the molecule is Cc1ccc(C(=O)OCC(=O)Nc2cc(Cl)ccc2C#N)cc1S(=O)(=O)N1CCCCC1. The number of rotatable bonds is 6. The van der Waals surface area contributed by atoms with Crippen molar-refractivity contribution in [3.8, 4) is 6.07 Å². The number of nitrogens with zero attached hydrogens (tertiary/aromatic N) is 2. The number of ether oxygens (including phenoxy) is 1. The van der Waals surface area contributed by atoms with Crippen LogP contribution in [0, 0.1) is 18.3 Å². The van der Waals surface area contributed by atoms with Crippen molar-refractivity contribution in [3.05, 3.63) is 58.1 Å². The van der Waals surface area contributed by atoms with Gasteiger partial charge in [-0.3, -0.25) is 4.79 Å². The van der Waals surface area contributed by atoms with Gasteiger partial charge in [0.05, 0.1) is 21.7 Å². The number of nitriles is 1. The van der Waals surface area contributed by atoms with Gasteiger partial charge in [-0.05, 0) is 55.7 Å². The van der Waals surface area contributed by atoms with Crippen LogP contribution in [0.15, 0.2) is 41.3 Å². The fraction of sp³-hybridized carbons (Fsp3) is 0.318. The Morgan fingerprint density at radius 1 is 1.16 bits per heavy atom. The van der Waals surface area contributed by atoms with Crippen molar-refractivity contribution >= 4 is 39.2 Å². The van der Waals surface area contributed by atoms with E-state index in [0.717, 1.165) is 19.3 Å². The van der Waals surface area contributed by atoms with Gasteiger partial charge in [0.1, 0.15) is 6.07 Å². The number of benzene rings is 2. The smallest absolute Gasteiger partial charge is 0.338 e. The second-order valence-corrected chi connectivity index (χ2v) is 9.71. The molecule has 1 saturated heterocycles. The van der Waals surface area contributed by atoms with Crippen LogP contribution < -0.4 is 5.32 Å². The van der Waals surface area contributed by atoms with Gasteiger partial charge in [0.15, 0.2) is 6.61 Å². The molecule has 1 aliphatic heterocycles. The summed E-state index contributed by atoms with van der Waals surface area (Å²) in [7, 11) is -3.73. The molecule has 0 aliphatic carbocycles. The van der Waals surface area contributed by atoms with Gasteiger partial charge in [0.2, 0.25) is 10.0 Å². The van der Waals surface area contributed by atoms with E-state index in [2.05, 4.69) is 5.32 Å². The van der Waals surface area contributed by atoms with Gasteiger partial charge in [0.25, 0.3) is 5.91 Å². The number of aryl methyl sites for hydroxylation is 1. The predicted molar refractivity (Wildman–Crippen MR) is 119 cm³/mol. The van der Waals surface area contributed by atoms with Crippen LogP contribution in [0.5, 0.6) is 0 Å². The normalized spacial score (nSPS) is 14.4. The summed E-state index contributed by atoms with van der Waals surface area (Å²) >= 11 is 5.89. The summed E-state index contributed by atoms with van der Waals surface area (Å²) in [6.45, 7) is 1.95. The third kappa shape index (κ3) is 5.46. The summed E-state index contributed by atoms with van der Waals surface area (Å²) in [6.07, 6.45) is 2.59. The molecule has 0 bridgehead atoms. The van der Waals surface area contributed by atoms with Crippen LogP contribution in [0.1, 0.15) is 40.7 Å². The molecule has 168 valence electrons. The number of piperidine rings is 1. The van der Waals surface area contributed by atoms with Crippen LogP contribution in [0.25, 0.3) is 0 Å². The van der Waals surface area contributed by atoms with Gasteiger partial charge in [-0.15, -0.1) is 0 Å². The Hall–Kier alpha value is -2.93. The minimum Gasteiger partial charge on any atom is -0.452 e. The summed E-state index contributed by atoms with van der Waals surface area (Å²) in [5.74, 6) is -1.49. The first-order chi connectivity index (χ1) is 15.2. The molecule has 10 heteroatoms. The zero-order valence-electron chi connectivity index (χ0n) is 17.4. The summed E-state index contributed by atoms with van der Waals surface area (Å²) in [4.78, 5) is 24.7. The number of amides is 1. The predicted octanol–water partition coefficient (Wildman–Crippen LogP) is 3.49. The van der Waals surface area contributed by atoms with Crippen molar-refractivity contribution in [2.75, 3.05) is 25.0 Å².